The second-order valence-corrected chi connectivity index (χ2v) is 6.66. The molecule has 5 rings (SSSR count). The Morgan fingerprint density at radius 2 is 1.38 bits per heavy atom. The minimum absolute atomic E-state index is 1.09. The molecule has 0 N–H and O–H groups in total. The molecule has 1 nitrogen and oxygen atoms in total. The summed E-state index contributed by atoms with van der Waals surface area (Å²) in [7, 11) is 0. The number of benzene rings is 3. The van der Waals surface area contributed by atoms with Crippen molar-refractivity contribution in [2.45, 2.75) is 13.8 Å². The zero-order valence-corrected chi connectivity index (χ0v) is 13.8. The summed E-state index contributed by atoms with van der Waals surface area (Å²) < 4.78 is 0. The van der Waals surface area contributed by atoms with Crippen molar-refractivity contribution in [1.82, 2.24) is 4.98 Å². The van der Waals surface area contributed by atoms with E-state index in [1.807, 2.05) is 6.20 Å². The van der Waals surface area contributed by atoms with Crippen LogP contribution in [0.5, 0.6) is 0 Å². The third-order valence-electron chi connectivity index (χ3n) is 4.95. The highest BCUT2D eigenvalue weighted by molar-refractivity contribution is 6.12. The Bertz CT molecular complexity index is 1120. The summed E-state index contributed by atoms with van der Waals surface area (Å²) in [6.07, 6.45) is 1.93. The Morgan fingerprint density at radius 3 is 2.21 bits per heavy atom. The molecule has 0 spiro atoms. The fourth-order valence-electron chi connectivity index (χ4n) is 3.92. The van der Waals surface area contributed by atoms with Gasteiger partial charge in [0.2, 0.25) is 0 Å². The zero-order valence-electron chi connectivity index (χ0n) is 13.8. The molecule has 0 aliphatic heterocycles. The molecule has 114 valence electrons. The number of pyridine rings is 1. The fraction of sp³-hybridized carbons (Fsp3) is 0.0870. The van der Waals surface area contributed by atoms with Crippen LogP contribution in [0.15, 0.2) is 66.9 Å². The third-order valence-corrected chi connectivity index (χ3v) is 4.95. The van der Waals surface area contributed by atoms with Gasteiger partial charge in [-0.25, -0.2) is 0 Å². The maximum atomic E-state index is 4.78. The van der Waals surface area contributed by atoms with E-state index in [0.717, 1.165) is 5.69 Å². The molecular formula is C23H17N. The molecule has 0 bridgehead atoms. The number of aryl methyl sites for hydroxylation is 2. The van der Waals surface area contributed by atoms with Crippen LogP contribution in [-0.2, 0) is 0 Å². The van der Waals surface area contributed by atoms with E-state index in [4.69, 9.17) is 4.98 Å². The van der Waals surface area contributed by atoms with E-state index in [9.17, 15) is 0 Å². The third kappa shape index (κ3) is 1.78. The first kappa shape index (κ1) is 13.5. The van der Waals surface area contributed by atoms with Gasteiger partial charge in [-0.15, -0.1) is 0 Å². The van der Waals surface area contributed by atoms with Gasteiger partial charge in [-0.1, -0.05) is 60.2 Å². The van der Waals surface area contributed by atoms with E-state index < -0.39 is 0 Å². The highest BCUT2D eigenvalue weighted by atomic mass is 14.7. The molecule has 1 heteroatoms. The lowest BCUT2D eigenvalue weighted by Gasteiger charge is -2.11. The quantitative estimate of drug-likeness (QED) is 0.333. The van der Waals surface area contributed by atoms with Gasteiger partial charge in [0.25, 0.3) is 0 Å². The van der Waals surface area contributed by atoms with Crippen LogP contribution < -0.4 is 0 Å². The van der Waals surface area contributed by atoms with Crippen molar-refractivity contribution in [3.63, 3.8) is 0 Å². The zero-order chi connectivity index (χ0) is 16.3. The topological polar surface area (TPSA) is 12.9 Å². The molecule has 0 amide bonds. The van der Waals surface area contributed by atoms with Crippen molar-refractivity contribution in [1.29, 1.82) is 0 Å². The lowest BCUT2D eigenvalue weighted by Crippen LogP contribution is -1.89. The van der Waals surface area contributed by atoms with Crippen LogP contribution in [0.25, 0.3) is 44.3 Å². The second-order valence-electron chi connectivity index (χ2n) is 6.66. The van der Waals surface area contributed by atoms with Crippen molar-refractivity contribution in [3.05, 3.63) is 78.0 Å². The number of rotatable bonds is 0. The predicted molar refractivity (Wildman–Crippen MR) is 101 cm³/mol. The van der Waals surface area contributed by atoms with Crippen LogP contribution in [0.1, 0.15) is 11.1 Å². The van der Waals surface area contributed by atoms with Gasteiger partial charge >= 0.3 is 0 Å². The highest BCUT2D eigenvalue weighted by Gasteiger charge is 2.22. The van der Waals surface area contributed by atoms with Crippen LogP contribution in [0.2, 0.25) is 0 Å². The van der Waals surface area contributed by atoms with E-state index in [1.165, 1.54) is 49.7 Å². The van der Waals surface area contributed by atoms with Crippen molar-refractivity contribution in [2.75, 3.05) is 0 Å². The lowest BCUT2D eigenvalue weighted by atomic mass is 9.92. The van der Waals surface area contributed by atoms with Crippen LogP contribution >= 0.6 is 0 Å². The molecule has 4 aromatic rings. The van der Waals surface area contributed by atoms with Gasteiger partial charge in [0, 0.05) is 17.1 Å². The van der Waals surface area contributed by atoms with Gasteiger partial charge in [-0.05, 0) is 53.1 Å². The number of hydrogen-bond donors (Lipinski definition) is 0. The number of aromatic nitrogens is 1. The summed E-state index contributed by atoms with van der Waals surface area (Å²) in [5, 5.41) is 2.52. The van der Waals surface area contributed by atoms with Gasteiger partial charge in [0.15, 0.2) is 0 Å². The summed E-state index contributed by atoms with van der Waals surface area (Å²) >= 11 is 0. The van der Waals surface area contributed by atoms with Crippen molar-refractivity contribution in [3.8, 4) is 33.5 Å². The van der Waals surface area contributed by atoms with E-state index >= 15 is 0 Å². The van der Waals surface area contributed by atoms with Crippen molar-refractivity contribution >= 4 is 10.8 Å². The van der Waals surface area contributed by atoms with Crippen LogP contribution in [0.4, 0.5) is 0 Å². The van der Waals surface area contributed by atoms with E-state index in [2.05, 4.69) is 74.5 Å². The molecule has 1 heterocycles. The predicted octanol–water partition coefficient (Wildman–Crippen LogP) is 6.17. The number of fused-ring (bicyclic) bond motifs is 5. The molecule has 0 radical (unpaired) electrons. The minimum Gasteiger partial charge on any atom is -0.256 e. The van der Waals surface area contributed by atoms with Gasteiger partial charge < -0.3 is 0 Å². The Morgan fingerprint density at radius 1 is 0.625 bits per heavy atom. The van der Waals surface area contributed by atoms with Gasteiger partial charge in [-0.3, -0.25) is 4.98 Å². The number of hydrogen-bond acceptors (Lipinski definition) is 1. The molecule has 3 aromatic carbocycles. The standard InChI is InChI=1S/C23H17N/c1-14-7-8-19-20(12-14)17-5-3-4-6-18(17)21-13-15(2)11-16-9-10-24-23(19)22(16)21/h3-13H,1-2H3. The van der Waals surface area contributed by atoms with E-state index in [-0.39, 0.29) is 0 Å². The fourth-order valence-corrected chi connectivity index (χ4v) is 3.92. The summed E-state index contributed by atoms with van der Waals surface area (Å²) in [4.78, 5) is 4.78. The van der Waals surface area contributed by atoms with Crippen molar-refractivity contribution < 1.29 is 0 Å². The first-order valence-electron chi connectivity index (χ1n) is 8.32. The molecule has 1 aliphatic carbocycles. The first-order chi connectivity index (χ1) is 11.7. The molecule has 24 heavy (non-hydrogen) atoms. The number of nitrogens with zero attached hydrogens (tertiary/aromatic N) is 1. The maximum Gasteiger partial charge on any atom is 0.0792 e. The Labute approximate surface area is 141 Å². The Hall–Kier alpha value is -2.93. The average molecular weight is 307 g/mol. The summed E-state index contributed by atoms with van der Waals surface area (Å²) in [5.41, 5.74) is 10.0. The lowest BCUT2D eigenvalue weighted by molar-refractivity contribution is 1.35. The van der Waals surface area contributed by atoms with Gasteiger partial charge in [0.1, 0.15) is 0 Å². The Kier molecular flexibility index (Phi) is 2.69. The molecule has 1 aliphatic rings. The molecule has 0 unspecified atom stereocenters. The summed E-state index contributed by atoms with van der Waals surface area (Å²) in [6, 6.07) is 22.1. The van der Waals surface area contributed by atoms with Crippen LogP contribution in [-0.4, -0.2) is 4.98 Å². The van der Waals surface area contributed by atoms with Gasteiger partial charge in [0.05, 0.1) is 5.69 Å². The van der Waals surface area contributed by atoms with E-state index in [0.29, 0.717) is 0 Å². The summed E-state index contributed by atoms with van der Waals surface area (Å²) in [6.45, 7) is 4.32. The molecule has 0 atom stereocenters. The van der Waals surface area contributed by atoms with Crippen LogP contribution in [0.3, 0.4) is 0 Å². The van der Waals surface area contributed by atoms with Gasteiger partial charge in [-0.2, -0.15) is 0 Å². The minimum atomic E-state index is 1.09. The maximum absolute atomic E-state index is 4.78. The Balaban J connectivity index is 2.08. The normalized spacial score (nSPS) is 11.8. The summed E-state index contributed by atoms with van der Waals surface area (Å²) in [5.74, 6) is 0. The molecule has 0 saturated carbocycles. The SMILES string of the molecule is Cc1ccc2c(c1)-c1ccccc1-c1cc(C)cc3ccnc-2c13. The first-order valence-corrected chi connectivity index (χ1v) is 8.32. The molecule has 0 fully saturated rings. The largest absolute Gasteiger partial charge is 0.256 e. The smallest absolute Gasteiger partial charge is 0.0792 e. The average Bonchev–Trinajstić information content (AvgIpc) is 2.70. The molecule has 1 aromatic heterocycles. The monoisotopic (exact) mass is 307 g/mol. The highest BCUT2D eigenvalue weighted by Crippen LogP contribution is 2.46. The molecular weight excluding hydrogens is 290 g/mol. The second kappa shape index (κ2) is 4.78. The van der Waals surface area contributed by atoms with Crippen molar-refractivity contribution in [2.24, 2.45) is 0 Å². The van der Waals surface area contributed by atoms with E-state index in [1.54, 1.807) is 0 Å². The molecule has 0 saturated heterocycles. The van der Waals surface area contributed by atoms with Crippen LogP contribution in [0, 0.1) is 13.8 Å².